The first kappa shape index (κ1) is 18.5. The van der Waals surface area contributed by atoms with Crippen molar-refractivity contribution in [2.75, 3.05) is 19.6 Å². The lowest BCUT2D eigenvalue weighted by molar-refractivity contribution is -0.141. The Balaban J connectivity index is 1.69. The Kier molecular flexibility index (Phi) is 6.24. The minimum atomic E-state index is 0.0205. The molecule has 2 amide bonds. The molecule has 2 aliphatic heterocycles. The maximum atomic E-state index is 12.9. The monoisotopic (exact) mass is 382 g/mol. The third-order valence-corrected chi connectivity index (χ3v) is 5.89. The summed E-state index contributed by atoms with van der Waals surface area (Å²) in [5.74, 6) is 0.140. The molecule has 25 heavy (non-hydrogen) atoms. The van der Waals surface area contributed by atoms with Crippen LogP contribution >= 0.6 is 23.2 Å². The second kappa shape index (κ2) is 8.41. The molecule has 0 bridgehead atoms. The lowest BCUT2D eigenvalue weighted by Crippen LogP contribution is -2.43. The van der Waals surface area contributed by atoms with Gasteiger partial charge in [-0.05, 0) is 43.4 Å². The van der Waals surface area contributed by atoms with E-state index in [0.717, 1.165) is 50.6 Å². The van der Waals surface area contributed by atoms with Gasteiger partial charge in [0.05, 0.1) is 22.6 Å². The highest BCUT2D eigenvalue weighted by molar-refractivity contribution is 6.42. The first-order chi connectivity index (χ1) is 12.1. The molecular weight excluding hydrogens is 359 g/mol. The Hall–Kier alpha value is -1.26. The van der Waals surface area contributed by atoms with Crippen molar-refractivity contribution in [3.8, 4) is 0 Å². The SMILES string of the molecule is O=C1CCCCCCN1CC(=O)N1CCCC1c1ccc(Cl)c(Cl)c1. The number of carbonyl (C=O) groups is 2. The Morgan fingerprint density at radius 1 is 1.04 bits per heavy atom. The summed E-state index contributed by atoms with van der Waals surface area (Å²) in [6.07, 6.45) is 6.59. The largest absolute Gasteiger partial charge is 0.334 e. The fourth-order valence-corrected chi connectivity index (χ4v) is 4.07. The van der Waals surface area contributed by atoms with Gasteiger partial charge in [-0.15, -0.1) is 0 Å². The first-order valence-electron chi connectivity index (χ1n) is 9.08. The standard InChI is InChI=1S/C19H24Cl2N2O2/c20-15-9-8-14(12-16(15)21)17-6-5-11-23(17)19(25)13-22-10-4-2-1-3-7-18(22)24/h8-9,12,17H,1-7,10-11,13H2. The zero-order chi connectivity index (χ0) is 17.8. The third kappa shape index (κ3) is 4.48. The Bertz CT molecular complexity index is 650. The fourth-order valence-electron chi connectivity index (χ4n) is 3.77. The molecule has 2 saturated heterocycles. The molecule has 1 atom stereocenters. The number of benzene rings is 1. The molecular formula is C19H24Cl2N2O2. The van der Waals surface area contributed by atoms with E-state index in [2.05, 4.69) is 0 Å². The molecule has 2 aliphatic rings. The molecule has 1 unspecified atom stereocenters. The van der Waals surface area contributed by atoms with E-state index in [9.17, 15) is 9.59 Å². The summed E-state index contributed by atoms with van der Waals surface area (Å²) < 4.78 is 0. The van der Waals surface area contributed by atoms with Crippen LogP contribution in [0.4, 0.5) is 0 Å². The second-order valence-electron chi connectivity index (χ2n) is 6.90. The van der Waals surface area contributed by atoms with Gasteiger partial charge < -0.3 is 9.80 Å². The van der Waals surface area contributed by atoms with E-state index in [1.165, 1.54) is 0 Å². The van der Waals surface area contributed by atoms with Crippen LogP contribution in [-0.2, 0) is 9.59 Å². The average Bonchev–Trinajstić information content (AvgIpc) is 3.07. The smallest absolute Gasteiger partial charge is 0.242 e. The third-order valence-electron chi connectivity index (χ3n) is 5.15. The summed E-state index contributed by atoms with van der Waals surface area (Å²) in [4.78, 5) is 28.8. The van der Waals surface area contributed by atoms with Crippen molar-refractivity contribution in [1.82, 2.24) is 9.80 Å². The number of halogens is 2. The van der Waals surface area contributed by atoms with Crippen molar-refractivity contribution in [2.45, 2.75) is 51.0 Å². The van der Waals surface area contributed by atoms with E-state index < -0.39 is 0 Å². The van der Waals surface area contributed by atoms with Gasteiger partial charge in [0.15, 0.2) is 0 Å². The molecule has 6 heteroatoms. The van der Waals surface area contributed by atoms with Gasteiger partial charge in [-0.3, -0.25) is 9.59 Å². The normalized spacial score (nSPS) is 22.0. The van der Waals surface area contributed by atoms with E-state index in [1.54, 1.807) is 11.0 Å². The number of nitrogens with zero attached hydrogens (tertiary/aromatic N) is 2. The predicted octanol–water partition coefficient (Wildman–Crippen LogP) is 4.45. The van der Waals surface area contributed by atoms with E-state index in [4.69, 9.17) is 23.2 Å². The van der Waals surface area contributed by atoms with Crippen molar-refractivity contribution >= 4 is 35.0 Å². The van der Waals surface area contributed by atoms with Gasteiger partial charge in [-0.1, -0.05) is 42.1 Å². The predicted molar refractivity (Wildman–Crippen MR) is 99.8 cm³/mol. The number of carbonyl (C=O) groups excluding carboxylic acids is 2. The van der Waals surface area contributed by atoms with Gasteiger partial charge in [0.2, 0.25) is 11.8 Å². The fraction of sp³-hybridized carbons (Fsp3) is 0.579. The number of likely N-dealkylation sites (tertiary alicyclic amines) is 2. The van der Waals surface area contributed by atoms with Crippen molar-refractivity contribution < 1.29 is 9.59 Å². The van der Waals surface area contributed by atoms with Crippen LogP contribution in [-0.4, -0.2) is 41.2 Å². The Morgan fingerprint density at radius 2 is 1.84 bits per heavy atom. The molecule has 1 aromatic rings. The van der Waals surface area contributed by atoms with Gasteiger partial charge in [-0.25, -0.2) is 0 Å². The molecule has 136 valence electrons. The molecule has 0 spiro atoms. The van der Waals surface area contributed by atoms with Crippen molar-refractivity contribution in [1.29, 1.82) is 0 Å². The van der Waals surface area contributed by atoms with Crippen LogP contribution in [0.1, 0.15) is 56.6 Å². The lowest BCUT2D eigenvalue weighted by atomic mass is 10.0. The summed E-state index contributed by atoms with van der Waals surface area (Å²) in [5.41, 5.74) is 1.01. The molecule has 0 aromatic heterocycles. The number of hydrogen-bond donors (Lipinski definition) is 0. The summed E-state index contributed by atoms with van der Waals surface area (Å²) >= 11 is 12.1. The van der Waals surface area contributed by atoms with Crippen LogP contribution in [0, 0.1) is 0 Å². The summed E-state index contributed by atoms with van der Waals surface area (Å²) in [5, 5.41) is 1.03. The molecule has 0 aliphatic carbocycles. The summed E-state index contributed by atoms with van der Waals surface area (Å²) in [6.45, 7) is 1.61. The molecule has 4 nitrogen and oxygen atoms in total. The quantitative estimate of drug-likeness (QED) is 0.774. The van der Waals surface area contributed by atoms with Gasteiger partial charge in [-0.2, -0.15) is 0 Å². The van der Waals surface area contributed by atoms with Gasteiger partial charge in [0.1, 0.15) is 0 Å². The molecule has 0 N–H and O–H groups in total. The van der Waals surface area contributed by atoms with Crippen LogP contribution < -0.4 is 0 Å². The number of amides is 2. The van der Waals surface area contributed by atoms with Crippen LogP contribution in [0.3, 0.4) is 0 Å². The molecule has 2 heterocycles. The number of rotatable bonds is 3. The highest BCUT2D eigenvalue weighted by Crippen LogP contribution is 2.35. The van der Waals surface area contributed by atoms with Crippen LogP contribution in [0.15, 0.2) is 18.2 Å². The molecule has 0 radical (unpaired) electrons. The minimum Gasteiger partial charge on any atom is -0.334 e. The maximum Gasteiger partial charge on any atom is 0.242 e. The zero-order valence-corrected chi connectivity index (χ0v) is 15.9. The van der Waals surface area contributed by atoms with Gasteiger partial charge >= 0.3 is 0 Å². The van der Waals surface area contributed by atoms with E-state index in [1.807, 2.05) is 17.0 Å². The van der Waals surface area contributed by atoms with Crippen molar-refractivity contribution in [2.24, 2.45) is 0 Å². The summed E-state index contributed by atoms with van der Waals surface area (Å²) in [7, 11) is 0. The molecule has 0 saturated carbocycles. The maximum absolute atomic E-state index is 12.9. The highest BCUT2D eigenvalue weighted by Gasteiger charge is 2.31. The van der Waals surface area contributed by atoms with Gasteiger partial charge in [0.25, 0.3) is 0 Å². The molecule has 2 fully saturated rings. The highest BCUT2D eigenvalue weighted by atomic mass is 35.5. The lowest BCUT2D eigenvalue weighted by Gasteiger charge is -2.30. The van der Waals surface area contributed by atoms with E-state index in [0.29, 0.717) is 23.0 Å². The van der Waals surface area contributed by atoms with Crippen LogP contribution in [0.25, 0.3) is 0 Å². The molecule has 1 aromatic carbocycles. The topological polar surface area (TPSA) is 40.6 Å². The van der Waals surface area contributed by atoms with Gasteiger partial charge in [0, 0.05) is 19.5 Å². The minimum absolute atomic E-state index is 0.0205. The first-order valence-corrected chi connectivity index (χ1v) is 9.84. The second-order valence-corrected chi connectivity index (χ2v) is 7.71. The van der Waals surface area contributed by atoms with Crippen molar-refractivity contribution in [3.05, 3.63) is 33.8 Å². The summed E-state index contributed by atoms with van der Waals surface area (Å²) in [6, 6.07) is 5.59. The average molecular weight is 383 g/mol. The Labute approximate surface area is 159 Å². The van der Waals surface area contributed by atoms with Crippen LogP contribution in [0.2, 0.25) is 10.0 Å². The van der Waals surface area contributed by atoms with Crippen LogP contribution in [0.5, 0.6) is 0 Å². The van der Waals surface area contributed by atoms with E-state index in [-0.39, 0.29) is 24.4 Å². The van der Waals surface area contributed by atoms with E-state index >= 15 is 0 Å². The zero-order valence-electron chi connectivity index (χ0n) is 14.3. The van der Waals surface area contributed by atoms with Crippen molar-refractivity contribution in [3.63, 3.8) is 0 Å². The number of hydrogen-bond acceptors (Lipinski definition) is 2. The molecule has 3 rings (SSSR count). The Morgan fingerprint density at radius 3 is 2.64 bits per heavy atom.